The number of nitrogens with one attached hydrogen (secondary N) is 2. The molecule has 0 radical (unpaired) electrons. The number of hydrogen-bond acceptors (Lipinski definition) is 4. The molecule has 4 aromatic rings. The number of aromatic nitrogens is 3. The van der Waals surface area contributed by atoms with E-state index in [0.717, 1.165) is 16.5 Å². The molecule has 6 nitrogen and oxygen atoms in total. The van der Waals surface area contributed by atoms with Gasteiger partial charge >= 0.3 is 0 Å². The zero-order valence-corrected chi connectivity index (χ0v) is 16.3. The number of H-pyrrole nitrogens is 1. The van der Waals surface area contributed by atoms with E-state index in [1.807, 2.05) is 54.8 Å². The van der Waals surface area contributed by atoms with E-state index in [1.54, 1.807) is 11.8 Å². The van der Waals surface area contributed by atoms with Crippen LogP contribution in [0.5, 0.6) is 0 Å². The first kappa shape index (κ1) is 18.3. The summed E-state index contributed by atoms with van der Waals surface area (Å²) in [6.45, 7) is 0.760. The molecule has 4 rings (SSSR count). The molecule has 0 atom stereocenters. The highest BCUT2D eigenvalue weighted by Crippen LogP contribution is 2.20. The minimum absolute atomic E-state index is 0.0995. The summed E-state index contributed by atoms with van der Waals surface area (Å²) < 4.78 is 1.48. The summed E-state index contributed by atoms with van der Waals surface area (Å²) in [7, 11) is 0. The van der Waals surface area contributed by atoms with E-state index in [1.165, 1.54) is 15.8 Å². The lowest BCUT2D eigenvalue weighted by Crippen LogP contribution is -2.27. The number of hydrogen-bond donors (Lipinski definition) is 2. The summed E-state index contributed by atoms with van der Waals surface area (Å²) in [5.74, 6) is -0.0995. The summed E-state index contributed by atoms with van der Waals surface area (Å²) in [6.07, 6.45) is 3.76. The van der Waals surface area contributed by atoms with Crippen LogP contribution >= 0.6 is 11.8 Å². The van der Waals surface area contributed by atoms with E-state index in [9.17, 15) is 9.59 Å². The number of aromatic amines is 1. The molecule has 1 amide bonds. The van der Waals surface area contributed by atoms with Crippen molar-refractivity contribution in [3.63, 3.8) is 0 Å². The van der Waals surface area contributed by atoms with Crippen LogP contribution in [0.1, 0.15) is 12.0 Å². The van der Waals surface area contributed by atoms with Crippen LogP contribution in [0.4, 0.5) is 0 Å². The number of aryl methyl sites for hydroxylation is 1. The van der Waals surface area contributed by atoms with Crippen LogP contribution in [-0.2, 0) is 17.9 Å². The summed E-state index contributed by atoms with van der Waals surface area (Å²) in [6, 6.07) is 15.8. The fraction of sp³-hybridized carbons (Fsp3) is 0.190. The molecular weight excluding hydrogens is 372 g/mol. The van der Waals surface area contributed by atoms with Crippen molar-refractivity contribution < 1.29 is 4.79 Å². The van der Waals surface area contributed by atoms with Gasteiger partial charge in [-0.2, -0.15) is 0 Å². The van der Waals surface area contributed by atoms with Crippen LogP contribution in [0, 0.1) is 0 Å². The molecule has 0 bridgehead atoms. The Morgan fingerprint density at radius 2 is 1.96 bits per heavy atom. The fourth-order valence-electron chi connectivity index (χ4n) is 3.15. The van der Waals surface area contributed by atoms with Gasteiger partial charge in [-0.3, -0.25) is 14.2 Å². The van der Waals surface area contributed by atoms with Gasteiger partial charge in [0.05, 0.1) is 6.33 Å². The fourth-order valence-corrected chi connectivity index (χ4v) is 3.56. The Hall–Kier alpha value is -3.06. The quantitative estimate of drug-likeness (QED) is 0.494. The van der Waals surface area contributed by atoms with Gasteiger partial charge in [0.15, 0.2) is 0 Å². The number of carbonyl (C=O) groups is 1. The van der Waals surface area contributed by atoms with E-state index in [-0.39, 0.29) is 24.4 Å². The molecule has 2 N–H and O–H groups in total. The van der Waals surface area contributed by atoms with E-state index >= 15 is 0 Å². The smallest absolute Gasteiger partial charge is 0.277 e. The maximum absolute atomic E-state index is 12.7. The third-order valence-electron chi connectivity index (χ3n) is 4.71. The maximum Gasteiger partial charge on any atom is 0.277 e. The highest BCUT2D eigenvalue weighted by Gasteiger charge is 2.11. The Kier molecular flexibility index (Phi) is 5.16. The molecule has 142 valence electrons. The van der Waals surface area contributed by atoms with E-state index in [2.05, 4.69) is 15.3 Å². The van der Waals surface area contributed by atoms with Crippen molar-refractivity contribution in [3.8, 4) is 0 Å². The first-order chi connectivity index (χ1) is 13.7. The topological polar surface area (TPSA) is 79.8 Å². The zero-order valence-electron chi connectivity index (χ0n) is 15.4. The second-order valence-electron chi connectivity index (χ2n) is 6.51. The molecular formula is C21H20N4O2S. The number of para-hydroxylation sites is 1. The Bertz CT molecular complexity index is 1190. The molecule has 0 fully saturated rings. The van der Waals surface area contributed by atoms with Crippen molar-refractivity contribution in [3.05, 3.63) is 70.8 Å². The summed E-state index contributed by atoms with van der Waals surface area (Å²) in [4.78, 5) is 33.6. The van der Waals surface area contributed by atoms with E-state index in [4.69, 9.17) is 0 Å². The number of amides is 1. The Balaban J connectivity index is 1.41. The molecule has 2 aromatic heterocycles. The summed E-state index contributed by atoms with van der Waals surface area (Å²) >= 11 is 1.68. The predicted octanol–water partition coefficient (Wildman–Crippen LogP) is 3.31. The highest BCUT2D eigenvalue weighted by molar-refractivity contribution is 7.98. The van der Waals surface area contributed by atoms with Gasteiger partial charge in [-0.1, -0.05) is 30.3 Å². The minimum atomic E-state index is -0.165. The molecule has 0 aliphatic heterocycles. The average molecular weight is 392 g/mol. The molecule has 2 aromatic carbocycles. The molecule has 28 heavy (non-hydrogen) atoms. The van der Waals surface area contributed by atoms with Crippen LogP contribution in [0.15, 0.2) is 64.5 Å². The zero-order chi connectivity index (χ0) is 19.5. The van der Waals surface area contributed by atoms with Gasteiger partial charge in [0.25, 0.3) is 5.56 Å². The number of thioether (sulfide) groups is 1. The number of benzene rings is 2. The van der Waals surface area contributed by atoms with Crippen LogP contribution in [0.25, 0.3) is 21.9 Å². The molecule has 7 heteroatoms. The molecule has 0 saturated heterocycles. The second kappa shape index (κ2) is 7.90. The average Bonchev–Trinajstić information content (AvgIpc) is 3.12. The SMILES string of the molecule is CSc1ccc(CNC(=O)CCn2cnc3c([nH]c4ccccc43)c2=O)cc1. The lowest BCUT2D eigenvalue weighted by molar-refractivity contribution is -0.121. The second-order valence-corrected chi connectivity index (χ2v) is 7.39. The molecule has 0 unspecified atom stereocenters. The van der Waals surface area contributed by atoms with Crippen molar-refractivity contribution >= 4 is 39.6 Å². The highest BCUT2D eigenvalue weighted by atomic mass is 32.2. The van der Waals surface area contributed by atoms with Crippen LogP contribution in [0.2, 0.25) is 0 Å². The molecule has 0 spiro atoms. The van der Waals surface area contributed by atoms with E-state index in [0.29, 0.717) is 17.6 Å². The predicted molar refractivity (Wildman–Crippen MR) is 113 cm³/mol. The van der Waals surface area contributed by atoms with Crippen molar-refractivity contribution in [1.82, 2.24) is 19.9 Å². The van der Waals surface area contributed by atoms with Crippen molar-refractivity contribution in [2.24, 2.45) is 0 Å². The Morgan fingerprint density at radius 3 is 2.75 bits per heavy atom. The number of carbonyl (C=O) groups excluding carboxylic acids is 1. The largest absolute Gasteiger partial charge is 0.352 e. The number of nitrogens with zero attached hydrogens (tertiary/aromatic N) is 2. The van der Waals surface area contributed by atoms with Gasteiger partial charge in [0.2, 0.25) is 5.91 Å². The molecule has 0 saturated carbocycles. The summed E-state index contributed by atoms with van der Waals surface area (Å²) in [5, 5.41) is 3.82. The van der Waals surface area contributed by atoms with Crippen molar-refractivity contribution in [2.45, 2.75) is 24.4 Å². The molecule has 2 heterocycles. The minimum Gasteiger partial charge on any atom is -0.352 e. The van der Waals surface area contributed by atoms with Gasteiger partial charge in [-0.15, -0.1) is 11.8 Å². The lowest BCUT2D eigenvalue weighted by Gasteiger charge is -2.07. The van der Waals surface area contributed by atoms with Crippen molar-refractivity contribution in [1.29, 1.82) is 0 Å². The van der Waals surface area contributed by atoms with Gasteiger partial charge in [-0.05, 0) is 30.0 Å². The van der Waals surface area contributed by atoms with Gasteiger partial charge in [0, 0.05) is 35.3 Å². The number of rotatable bonds is 6. The third-order valence-corrected chi connectivity index (χ3v) is 5.45. The van der Waals surface area contributed by atoms with Gasteiger partial charge in [-0.25, -0.2) is 4.98 Å². The summed E-state index contributed by atoms with van der Waals surface area (Å²) in [5.41, 5.74) is 2.89. The van der Waals surface area contributed by atoms with Crippen LogP contribution < -0.4 is 10.9 Å². The van der Waals surface area contributed by atoms with Crippen molar-refractivity contribution in [2.75, 3.05) is 6.26 Å². The maximum atomic E-state index is 12.7. The van der Waals surface area contributed by atoms with Gasteiger partial charge < -0.3 is 10.3 Å². The first-order valence-electron chi connectivity index (χ1n) is 9.01. The first-order valence-corrected chi connectivity index (χ1v) is 10.2. The van der Waals surface area contributed by atoms with Crippen LogP contribution in [-0.4, -0.2) is 26.7 Å². The Morgan fingerprint density at radius 1 is 1.18 bits per heavy atom. The van der Waals surface area contributed by atoms with Gasteiger partial charge in [0.1, 0.15) is 11.0 Å². The molecule has 0 aliphatic carbocycles. The van der Waals surface area contributed by atoms with Crippen LogP contribution in [0.3, 0.4) is 0 Å². The lowest BCUT2D eigenvalue weighted by atomic mass is 10.2. The standard InChI is InChI=1S/C21H20N4O2S/c1-28-15-8-6-14(7-9-15)12-22-18(26)10-11-25-13-23-19-16-4-2-3-5-17(16)24-20(19)21(25)27/h2-9,13,24H,10-12H2,1H3,(H,22,26). The number of fused-ring (bicyclic) bond motifs is 3. The third kappa shape index (κ3) is 3.66. The normalized spacial score (nSPS) is 11.2. The molecule has 0 aliphatic rings. The monoisotopic (exact) mass is 392 g/mol. The Labute approximate surface area is 166 Å². The van der Waals surface area contributed by atoms with E-state index < -0.39 is 0 Å².